The lowest BCUT2D eigenvalue weighted by molar-refractivity contribution is -0.142. The van der Waals surface area contributed by atoms with Crippen LogP contribution in [0, 0.1) is 0 Å². The third-order valence-electron chi connectivity index (χ3n) is 1.76. The number of carboxylic acid groups (broad SMARTS) is 1. The van der Waals surface area contributed by atoms with E-state index in [1.807, 2.05) is 18.7 Å². The molecule has 1 atom stereocenters. The van der Waals surface area contributed by atoms with Crippen LogP contribution in [0.25, 0.3) is 0 Å². The highest BCUT2D eigenvalue weighted by molar-refractivity contribution is 5.73. The predicted octanol–water partition coefficient (Wildman–Crippen LogP) is -0.260. The van der Waals surface area contributed by atoms with Crippen molar-refractivity contribution in [3.05, 3.63) is 0 Å². The number of nitrogens with two attached hydrogens (primary N) is 1. The van der Waals surface area contributed by atoms with Gasteiger partial charge in [-0.05, 0) is 13.1 Å². The third kappa shape index (κ3) is 2.86. The minimum Gasteiger partial charge on any atom is -0.480 e. The Kier molecular flexibility index (Phi) is 4.81. The molecule has 4 heteroatoms. The Morgan fingerprint density at radius 3 is 2.09 bits per heavy atom. The van der Waals surface area contributed by atoms with E-state index in [4.69, 9.17) is 10.8 Å². The number of hydrogen-bond acceptors (Lipinski definition) is 3. The van der Waals surface area contributed by atoms with Crippen LogP contribution in [0.3, 0.4) is 0 Å². The second-order valence-electron chi connectivity index (χ2n) is 2.31. The lowest BCUT2D eigenvalue weighted by Gasteiger charge is -2.24. The lowest BCUT2D eigenvalue weighted by Crippen LogP contribution is -2.45. The summed E-state index contributed by atoms with van der Waals surface area (Å²) in [4.78, 5) is 12.4. The van der Waals surface area contributed by atoms with Gasteiger partial charge in [0.05, 0.1) is 0 Å². The SMILES string of the molecule is CCN(CC)C(CN)C(=O)O. The molecule has 0 amide bonds. The normalized spacial score (nSPS) is 13.5. The number of nitrogens with zero attached hydrogens (tertiary/aromatic N) is 1. The van der Waals surface area contributed by atoms with Gasteiger partial charge in [-0.3, -0.25) is 9.69 Å². The standard InChI is InChI=1S/C7H16N2O2/c1-3-9(4-2)6(5-8)7(10)11/h6H,3-5,8H2,1-2H3,(H,10,11). The fourth-order valence-electron chi connectivity index (χ4n) is 1.07. The van der Waals surface area contributed by atoms with Gasteiger partial charge in [0, 0.05) is 6.54 Å². The van der Waals surface area contributed by atoms with Crippen molar-refractivity contribution in [3.63, 3.8) is 0 Å². The van der Waals surface area contributed by atoms with Gasteiger partial charge in [-0.2, -0.15) is 0 Å². The predicted molar refractivity (Wildman–Crippen MR) is 43.4 cm³/mol. The fourth-order valence-corrected chi connectivity index (χ4v) is 1.07. The first kappa shape index (κ1) is 10.4. The van der Waals surface area contributed by atoms with E-state index in [0.717, 1.165) is 13.1 Å². The molecular weight excluding hydrogens is 144 g/mol. The molecule has 0 radical (unpaired) electrons. The first-order chi connectivity index (χ1) is 5.17. The summed E-state index contributed by atoms with van der Waals surface area (Å²) in [7, 11) is 0. The average Bonchev–Trinajstić information content (AvgIpc) is 1.99. The van der Waals surface area contributed by atoms with Crippen molar-refractivity contribution >= 4 is 5.97 Å². The summed E-state index contributed by atoms with van der Waals surface area (Å²) in [5, 5.41) is 8.68. The number of rotatable bonds is 5. The summed E-state index contributed by atoms with van der Waals surface area (Å²) in [5.41, 5.74) is 5.30. The summed E-state index contributed by atoms with van der Waals surface area (Å²) in [6.07, 6.45) is 0. The Hall–Kier alpha value is -0.610. The quantitative estimate of drug-likeness (QED) is 0.581. The Bertz CT molecular complexity index is 124. The Morgan fingerprint density at radius 1 is 1.55 bits per heavy atom. The Morgan fingerprint density at radius 2 is 2.00 bits per heavy atom. The average molecular weight is 160 g/mol. The molecule has 0 heterocycles. The van der Waals surface area contributed by atoms with Gasteiger partial charge in [0.1, 0.15) is 6.04 Å². The minimum atomic E-state index is -0.837. The highest BCUT2D eigenvalue weighted by Crippen LogP contribution is 1.96. The summed E-state index contributed by atoms with van der Waals surface area (Å²) >= 11 is 0. The molecule has 0 spiro atoms. The van der Waals surface area contributed by atoms with Crippen molar-refractivity contribution < 1.29 is 9.90 Å². The van der Waals surface area contributed by atoms with E-state index in [0.29, 0.717) is 0 Å². The second kappa shape index (κ2) is 5.09. The zero-order valence-electron chi connectivity index (χ0n) is 7.08. The van der Waals surface area contributed by atoms with Gasteiger partial charge in [-0.1, -0.05) is 13.8 Å². The third-order valence-corrected chi connectivity index (χ3v) is 1.76. The van der Waals surface area contributed by atoms with Gasteiger partial charge < -0.3 is 10.8 Å². The van der Waals surface area contributed by atoms with Crippen molar-refractivity contribution in [1.82, 2.24) is 4.90 Å². The van der Waals surface area contributed by atoms with Crippen LogP contribution in [-0.4, -0.2) is 41.7 Å². The molecule has 66 valence electrons. The summed E-state index contributed by atoms with van der Waals surface area (Å²) in [5.74, 6) is -0.837. The molecule has 3 N–H and O–H groups in total. The number of likely N-dealkylation sites (N-methyl/N-ethyl adjacent to an activating group) is 1. The molecule has 0 aliphatic rings. The van der Waals surface area contributed by atoms with Gasteiger partial charge in [0.25, 0.3) is 0 Å². The highest BCUT2D eigenvalue weighted by Gasteiger charge is 2.20. The summed E-state index contributed by atoms with van der Waals surface area (Å²) < 4.78 is 0. The Balaban J connectivity index is 4.09. The molecule has 4 nitrogen and oxygen atoms in total. The highest BCUT2D eigenvalue weighted by atomic mass is 16.4. The first-order valence-electron chi connectivity index (χ1n) is 3.84. The molecule has 0 aromatic heterocycles. The summed E-state index contributed by atoms with van der Waals surface area (Å²) in [6.45, 7) is 5.48. The number of hydrogen-bond donors (Lipinski definition) is 2. The Labute approximate surface area is 67.0 Å². The number of aliphatic carboxylic acids is 1. The second-order valence-corrected chi connectivity index (χ2v) is 2.31. The van der Waals surface area contributed by atoms with Crippen LogP contribution in [0.4, 0.5) is 0 Å². The zero-order chi connectivity index (χ0) is 8.85. The van der Waals surface area contributed by atoms with Crippen LogP contribution in [0.2, 0.25) is 0 Å². The summed E-state index contributed by atoms with van der Waals surface area (Å²) in [6, 6.07) is -0.523. The molecule has 11 heavy (non-hydrogen) atoms. The minimum absolute atomic E-state index is 0.178. The van der Waals surface area contributed by atoms with Crippen LogP contribution in [0.15, 0.2) is 0 Å². The number of carboxylic acids is 1. The monoisotopic (exact) mass is 160 g/mol. The zero-order valence-corrected chi connectivity index (χ0v) is 7.08. The molecule has 0 saturated carbocycles. The van der Waals surface area contributed by atoms with E-state index in [2.05, 4.69) is 0 Å². The van der Waals surface area contributed by atoms with Crippen molar-refractivity contribution in [2.24, 2.45) is 5.73 Å². The van der Waals surface area contributed by atoms with Crippen LogP contribution < -0.4 is 5.73 Å². The first-order valence-corrected chi connectivity index (χ1v) is 3.84. The van der Waals surface area contributed by atoms with E-state index >= 15 is 0 Å². The van der Waals surface area contributed by atoms with Gasteiger partial charge in [-0.25, -0.2) is 0 Å². The van der Waals surface area contributed by atoms with E-state index in [-0.39, 0.29) is 6.54 Å². The molecule has 0 saturated heterocycles. The molecule has 0 aromatic carbocycles. The molecule has 0 fully saturated rings. The van der Waals surface area contributed by atoms with E-state index < -0.39 is 12.0 Å². The molecule has 0 rings (SSSR count). The molecule has 0 aromatic rings. The fraction of sp³-hybridized carbons (Fsp3) is 0.857. The molecule has 0 aliphatic carbocycles. The van der Waals surface area contributed by atoms with E-state index in [1.54, 1.807) is 0 Å². The van der Waals surface area contributed by atoms with Crippen molar-refractivity contribution in [3.8, 4) is 0 Å². The van der Waals surface area contributed by atoms with E-state index in [9.17, 15) is 4.79 Å². The van der Waals surface area contributed by atoms with Crippen LogP contribution in [-0.2, 0) is 4.79 Å². The molecule has 1 unspecified atom stereocenters. The lowest BCUT2D eigenvalue weighted by atomic mass is 10.2. The molecule has 0 bridgehead atoms. The topological polar surface area (TPSA) is 66.6 Å². The van der Waals surface area contributed by atoms with E-state index in [1.165, 1.54) is 0 Å². The maximum Gasteiger partial charge on any atom is 0.322 e. The maximum atomic E-state index is 10.6. The maximum absolute atomic E-state index is 10.6. The van der Waals surface area contributed by atoms with Crippen LogP contribution >= 0.6 is 0 Å². The van der Waals surface area contributed by atoms with Crippen molar-refractivity contribution in [2.45, 2.75) is 19.9 Å². The van der Waals surface area contributed by atoms with Crippen LogP contribution in [0.1, 0.15) is 13.8 Å². The molecular formula is C7H16N2O2. The largest absolute Gasteiger partial charge is 0.480 e. The van der Waals surface area contributed by atoms with Crippen molar-refractivity contribution in [1.29, 1.82) is 0 Å². The number of carbonyl (C=O) groups is 1. The molecule has 0 aliphatic heterocycles. The van der Waals surface area contributed by atoms with Crippen molar-refractivity contribution in [2.75, 3.05) is 19.6 Å². The van der Waals surface area contributed by atoms with Gasteiger partial charge >= 0.3 is 5.97 Å². The van der Waals surface area contributed by atoms with Gasteiger partial charge in [-0.15, -0.1) is 0 Å². The van der Waals surface area contributed by atoms with Gasteiger partial charge in [0.2, 0.25) is 0 Å². The van der Waals surface area contributed by atoms with Gasteiger partial charge in [0.15, 0.2) is 0 Å². The van der Waals surface area contributed by atoms with Crippen LogP contribution in [0.5, 0.6) is 0 Å². The smallest absolute Gasteiger partial charge is 0.322 e.